The lowest BCUT2D eigenvalue weighted by atomic mass is 10.0. The highest BCUT2D eigenvalue weighted by Crippen LogP contribution is 2.36. The molecule has 0 heterocycles. The lowest BCUT2D eigenvalue weighted by Crippen LogP contribution is -2.17. The molecule has 0 radical (unpaired) electrons. The normalized spacial score (nSPS) is 12.6. The molecule has 0 bridgehead atoms. The third-order valence-corrected chi connectivity index (χ3v) is 6.76. The van der Waals surface area contributed by atoms with Crippen LogP contribution in [0.1, 0.15) is 61.8 Å². The zero-order chi connectivity index (χ0) is 43.2. The van der Waals surface area contributed by atoms with Crippen LogP contribution in [0.15, 0.2) is 61.7 Å². The SMILES string of the molecule is C=C(C)C(=O)OCC(O)CC.C=CC(=O)OCCOC(=O)c1ccccc1C(C)=O.C=CC(=O)OCCOP(C)(=O)O.CC(C)C(=O)OCCOP(C)(=O)O. The Morgan fingerprint density at radius 2 is 1.15 bits per heavy atom. The van der Waals surface area contributed by atoms with E-state index in [4.69, 9.17) is 24.4 Å². The van der Waals surface area contributed by atoms with Gasteiger partial charge in [-0.05, 0) is 26.3 Å². The van der Waals surface area contributed by atoms with Crippen LogP contribution in [-0.2, 0) is 61.0 Å². The van der Waals surface area contributed by atoms with Gasteiger partial charge >= 0.3 is 45.0 Å². The fourth-order valence-electron chi connectivity index (χ4n) is 2.72. The lowest BCUT2D eigenvalue weighted by Gasteiger charge is -2.08. The zero-order valence-electron chi connectivity index (χ0n) is 32.3. The first kappa shape index (κ1) is 55.1. The van der Waals surface area contributed by atoms with E-state index in [1.165, 1.54) is 13.0 Å². The average Bonchev–Trinajstić information content (AvgIpc) is 3.11. The number of aliphatic hydroxyl groups is 1. The van der Waals surface area contributed by atoms with Gasteiger partial charge in [0.05, 0.1) is 30.8 Å². The molecular weight excluding hydrogens is 770 g/mol. The van der Waals surface area contributed by atoms with Gasteiger partial charge in [0.15, 0.2) is 5.78 Å². The van der Waals surface area contributed by atoms with Gasteiger partial charge in [-0.2, -0.15) is 0 Å². The molecule has 0 aliphatic heterocycles. The van der Waals surface area contributed by atoms with Crippen molar-refractivity contribution in [2.45, 2.75) is 47.1 Å². The summed E-state index contributed by atoms with van der Waals surface area (Å²) >= 11 is 0. The predicted molar refractivity (Wildman–Crippen MR) is 200 cm³/mol. The summed E-state index contributed by atoms with van der Waals surface area (Å²) in [5.41, 5.74) is 0.855. The molecule has 1 rings (SSSR count). The van der Waals surface area contributed by atoms with Crippen molar-refractivity contribution < 1.29 is 85.5 Å². The zero-order valence-corrected chi connectivity index (χ0v) is 34.0. The Labute approximate surface area is 321 Å². The van der Waals surface area contributed by atoms with Crippen LogP contribution in [0.2, 0.25) is 0 Å². The van der Waals surface area contributed by atoms with E-state index in [1.807, 2.05) is 6.92 Å². The summed E-state index contributed by atoms with van der Waals surface area (Å²) in [7, 11) is -6.89. The monoisotopic (exact) mass is 824 g/mol. The maximum absolute atomic E-state index is 11.7. The molecule has 0 amide bonds. The van der Waals surface area contributed by atoms with E-state index in [2.05, 4.69) is 43.0 Å². The van der Waals surface area contributed by atoms with Crippen LogP contribution in [0.3, 0.4) is 0 Å². The molecule has 3 N–H and O–H groups in total. The Bertz CT molecular complexity index is 1490. The summed E-state index contributed by atoms with van der Waals surface area (Å²) in [4.78, 5) is 83.1. The highest BCUT2D eigenvalue weighted by Gasteiger charge is 2.15. The molecule has 0 aromatic heterocycles. The van der Waals surface area contributed by atoms with E-state index in [1.54, 1.807) is 39.0 Å². The third kappa shape index (κ3) is 35.2. The van der Waals surface area contributed by atoms with Crippen LogP contribution in [0.25, 0.3) is 0 Å². The Balaban J connectivity index is -0.000000674. The molecule has 1 aromatic rings. The molecule has 0 saturated heterocycles. The fourth-order valence-corrected chi connectivity index (χ4v) is 3.54. The molecule has 1 aromatic carbocycles. The van der Waals surface area contributed by atoms with Gasteiger partial charge in [0.25, 0.3) is 0 Å². The van der Waals surface area contributed by atoms with Gasteiger partial charge in [-0.3, -0.25) is 18.7 Å². The van der Waals surface area contributed by atoms with Gasteiger partial charge in [-0.25, -0.2) is 19.2 Å². The minimum atomic E-state index is -3.45. The molecular formula is C35H54O18P2. The molecule has 55 heavy (non-hydrogen) atoms. The number of rotatable bonds is 20. The summed E-state index contributed by atoms with van der Waals surface area (Å²) in [5, 5.41) is 8.98. The number of carbonyl (C=O) groups excluding carboxylic acids is 6. The highest BCUT2D eigenvalue weighted by atomic mass is 31.2. The molecule has 20 heteroatoms. The number of hydrogen-bond donors (Lipinski definition) is 3. The average molecular weight is 825 g/mol. The molecule has 0 fully saturated rings. The van der Waals surface area contributed by atoms with E-state index >= 15 is 0 Å². The maximum atomic E-state index is 11.7. The number of benzene rings is 1. The second-order valence-corrected chi connectivity index (χ2v) is 14.7. The summed E-state index contributed by atoms with van der Waals surface area (Å²) < 4.78 is 53.4. The molecule has 0 spiro atoms. The first-order chi connectivity index (χ1) is 25.4. The first-order valence-corrected chi connectivity index (χ1v) is 20.4. The quantitative estimate of drug-likeness (QED) is 0.0415. The van der Waals surface area contributed by atoms with Crippen LogP contribution < -0.4 is 0 Å². The smallest absolute Gasteiger partial charge is 0.338 e. The highest BCUT2D eigenvalue weighted by molar-refractivity contribution is 7.52. The molecule has 312 valence electrons. The van der Waals surface area contributed by atoms with E-state index < -0.39 is 45.2 Å². The van der Waals surface area contributed by atoms with Crippen molar-refractivity contribution in [3.8, 4) is 0 Å². The molecule has 3 unspecified atom stereocenters. The summed E-state index contributed by atoms with van der Waals surface area (Å²) in [6, 6.07) is 6.37. The Hall–Kier alpha value is -4.28. The van der Waals surface area contributed by atoms with E-state index in [-0.39, 0.29) is 69.5 Å². The van der Waals surface area contributed by atoms with Crippen LogP contribution in [0.5, 0.6) is 0 Å². The van der Waals surface area contributed by atoms with Gasteiger partial charge in [0.1, 0.15) is 33.0 Å². The minimum absolute atomic E-state index is 0.00933. The molecule has 0 aliphatic carbocycles. The van der Waals surface area contributed by atoms with Gasteiger partial charge in [0, 0.05) is 36.6 Å². The fraction of sp³-hybridized carbons (Fsp3) is 0.486. The maximum Gasteiger partial charge on any atom is 0.338 e. The second-order valence-electron chi connectivity index (χ2n) is 11.0. The predicted octanol–water partition coefficient (Wildman–Crippen LogP) is 4.22. The van der Waals surface area contributed by atoms with E-state index in [9.17, 15) is 37.9 Å². The Morgan fingerprint density at radius 1 is 0.727 bits per heavy atom. The number of ketones is 1. The summed E-state index contributed by atoms with van der Waals surface area (Å²) in [6.45, 7) is 19.9. The largest absolute Gasteiger partial charge is 0.463 e. The Kier molecular flexibility index (Phi) is 31.0. The summed E-state index contributed by atoms with van der Waals surface area (Å²) in [6.07, 6.45) is 2.05. The van der Waals surface area contributed by atoms with Crippen molar-refractivity contribution >= 4 is 50.8 Å². The number of carbonyl (C=O) groups is 6. The van der Waals surface area contributed by atoms with Crippen LogP contribution in [0.4, 0.5) is 0 Å². The van der Waals surface area contributed by atoms with Gasteiger partial charge in [0.2, 0.25) is 0 Å². The van der Waals surface area contributed by atoms with Gasteiger partial charge in [-0.1, -0.05) is 58.7 Å². The van der Waals surface area contributed by atoms with Gasteiger partial charge in [-0.15, -0.1) is 0 Å². The van der Waals surface area contributed by atoms with Crippen LogP contribution >= 0.6 is 15.2 Å². The van der Waals surface area contributed by atoms with Gasteiger partial charge < -0.3 is 47.6 Å². The number of Topliss-reactive ketones (excluding diaryl/α,β-unsaturated/α-hetero) is 1. The lowest BCUT2D eigenvalue weighted by molar-refractivity contribution is -0.148. The molecule has 0 saturated carbocycles. The van der Waals surface area contributed by atoms with Crippen molar-refractivity contribution in [3.63, 3.8) is 0 Å². The molecule has 0 aliphatic rings. The van der Waals surface area contributed by atoms with E-state index in [0.29, 0.717) is 17.6 Å². The first-order valence-electron chi connectivity index (χ1n) is 16.3. The van der Waals surface area contributed by atoms with Crippen molar-refractivity contribution in [1.29, 1.82) is 0 Å². The van der Waals surface area contributed by atoms with Crippen molar-refractivity contribution in [3.05, 3.63) is 72.9 Å². The van der Waals surface area contributed by atoms with E-state index in [0.717, 1.165) is 25.5 Å². The second kappa shape index (κ2) is 31.0. The number of aliphatic hydroxyl groups excluding tert-OH is 1. The van der Waals surface area contributed by atoms with Crippen molar-refractivity contribution in [1.82, 2.24) is 0 Å². The number of ether oxygens (including phenoxy) is 5. The third-order valence-electron chi connectivity index (χ3n) is 5.44. The summed E-state index contributed by atoms with van der Waals surface area (Å²) in [5.74, 6) is -2.98. The van der Waals surface area contributed by atoms with Crippen LogP contribution in [-0.4, -0.2) is 116 Å². The molecule has 18 nitrogen and oxygen atoms in total. The topological polar surface area (TPSA) is 262 Å². The molecule has 3 atom stereocenters. The van der Waals surface area contributed by atoms with Crippen molar-refractivity contribution in [2.24, 2.45) is 5.92 Å². The number of esters is 5. The minimum Gasteiger partial charge on any atom is -0.463 e. The van der Waals surface area contributed by atoms with Crippen molar-refractivity contribution in [2.75, 3.05) is 59.6 Å². The number of hydrogen-bond acceptors (Lipinski definition) is 16. The van der Waals surface area contributed by atoms with Crippen LogP contribution in [0, 0.1) is 5.92 Å². The Morgan fingerprint density at radius 3 is 1.53 bits per heavy atom. The standard InChI is InChI=1S/C14H14O5.C8H14O3.C7H15O5P.C6H11O5P/c1-3-13(16)18-8-9-19-14(17)12-7-5-4-6-11(12)10(2)15;1-4-7(9)5-11-8(10)6(2)3;1-6(2)7(8)11-4-5-12-13(3,9)10;1-3-6(7)10-4-5-11-12(2,8)9/h3-7H,1,8-9H2,2H3;7,9H,2,4-5H2,1,3H3;6H,4-5H2,1-3H3,(H,9,10);3H,1,4-5H2,2H3,(H,8,9).